The summed E-state index contributed by atoms with van der Waals surface area (Å²) in [5.41, 5.74) is 1.70. The summed E-state index contributed by atoms with van der Waals surface area (Å²) in [5.74, 6) is 0.0736. The Bertz CT molecular complexity index is 977. The van der Waals surface area contributed by atoms with E-state index in [1.54, 1.807) is 31.2 Å². The molecule has 0 aromatic heterocycles. The van der Waals surface area contributed by atoms with Gasteiger partial charge >= 0.3 is 0 Å². The summed E-state index contributed by atoms with van der Waals surface area (Å²) < 4.78 is 12.1. The Kier molecular flexibility index (Phi) is 5.67. The highest BCUT2D eigenvalue weighted by Gasteiger charge is 2.28. The lowest BCUT2D eigenvalue weighted by atomic mass is 9.99. The number of aliphatic imine (C=N–C) groups is 1. The first-order valence-corrected chi connectivity index (χ1v) is 10.0. The molecule has 27 heavy (non-hydrogen) atoms. The summed E-state index contributed by atoms with van der Waals surface area (Å²) in [4.78, 5) is 29.1. The Morgan fingerprint density at radius 3 is 2.67 bits per heavy atom. The number of anilines is 1. The molecule has 7 nitrogen and oxygen atoms in total. The molecule has 0 aliphatic carbocycles. The number of nitro groups is 1. The molecular weight excluding hydrogens is 390 g/mol. The Balaban J connectivity index is 2.22. The first-order chi connectivity index (χ1) is 12.9. The van der Waals surface area contributed by atoms with Crippen molar-refractivity contribution in [2.45, 2.75) is 6.92 Å². The van der Waals surface area contributed by atoms with Gasteiger partial charge in [0.2, 0.25) is 5.91 Å². The molecule has 1 atom stereocenters. The van der Waals surface area contributed by atoms with Gasteiger partial charge in [-0.3, -0.25) is 29.0 Å². The number of hydrogen-bond donors (Lipinski definition) is 0. The SMILES string of the molecule is CCS(=O)CN1C(=O)CN=C(c2ccccc2Cl)c2cc([N+](=O)[O-])ccc21. The van der Waals surface area contributed by atoms with E-state index >= 15 is 0 Å². The molecule has 0 saturated heterocycles. The minimum Gasteiger partial charge on any atom is -0.298 e. The molecule has 1 aliphatic rings. The van der Waals surface area contributed by atoms with Crippen molar-refractivity contribution < 1.29 is 13.9 Å². The number of nitro benzene ring substituents is 1. The summed E-state index contributed by atoms with van der Waals surface area (Å²) in [6, 6.07) is 11.2. The van der Waals surface area contributed by atoms with E-state index in [9.17, 15) is 19.1 Å². The molecule has 0 fully saturated rings. The Morgan fingerprint density at radius 2 is 2.00 bits per heavy atom. The van der Waals surface area contributed by atoms with Crippen LogP contribution in [0.4, 0.5) is 11.4 Å². The summed E-state index contributed by atoms with van der Waals surface area (Å²) >= 11 is 6.30. The molecule has 1 unspecified atom stereocenters. The highest BCUT2D eigenvalue weighted by molar-refractivity contribution is 7.85. The number of carbonyl (C=O) groups excluding carboxylic acids is 1. The van der Waals surface area contributed by atoms with Crippen molar-refractivity contribution in [1.82, 2.24) is 0 Å². The van der Waals surface area contributed by atoms with E-state index in [1.807, 2.05) is 0 Å². The number of amides is 1. The molecule has 0 bridgehead atoms. The zero-order valence-electron chi connectivity index (χ0n) is 14.4. The lowest BCUT2D eigenvalue weighted by molar-refractivity contribution is -0.384. The van der Waals surface area contributed by atoms with E-state index in [0.717, 1.165) is 0 Å². The molecular formula is C18H16ClN3O4S. The van der Waals surface area contributed by atoms with Crippen LogP contribution in [0, 0.1) is 10.1 Å². The highest BCUT2D eigenvalue weighted by atomic mass is 35.5. The number of fused-ring (bicyclic) bond motifs is 1. The second-order valence-corrected chi connectivity index (χ2v) is 7.91. The number of non-ortho nitro benzene ring substituents is 1. The topological polar surface area (TPSA) is 92.9 Å². The van der Waals surface area contributed by atoms with Gasteiger partial charge in [-0.2, -0.15) is 0 Å². The quantitative estimate of drug-likeness (QED) is 0.564. The van der Waals surface area contributed by atoms with E-state index in [4.69, 9.17) is 11.6 Å². The predicted octanol–water partition coefficient (Wildman–Crippen LogP) is 3.16. The molecule has 1 amide bonds. The zero-order chi connectivity index (χ0) is 19.6. The van der Waals surface area contributed by atoms with Crippen LogP contribution in [0.15, 0.2) is 47.5 Å². The van der Waals surface area contributed by atoms with Crippen LogP contribution in [0.25, 0.3) is 0 Å². The second-order valence-electron chi connectivity index (χ2n) is 5.78. The van der Waals surface area contributed by atoms with Crippen LogP contribution < -0.4 is 4.90 Å². The van der Waals surface area contributed by atoms with Crippen molar-refractivity contribution in [1.29, 1.82) is 0 Å². The fraction of sp³-hybridized carbons (Fsp3) is 0.222. The minimum atomic E-state index is -1.24. The third kappa shape index (κ3) is 3.91. The summed E-state index contributed by atoms with van der Waals surface area (Å²) in [5, 5.41) is 11.7. The third-order valence-corrected chi connectivity index (χ3v) is 5.65. The van der Waals surface area contributed by atoms with Gasteiger partial charge in [-0.1, -0.05) is 36.7 Å². The average molecular weight is 406 g/mol. The Morgan fingerprint density at radius 1 is 1.26 bits per heavy atom. The molecule has 0 spiro atoms. The van der Waals surface area contributed by atoms with Crippen molar-refractivity contribution in [3.05, 3.63) is 68.7 Å². The Labute approximate surface area is 163 Å². The second kappa shape index (κ2) is 7.98. The largest absolute Gasteiger partial charge is 0.298 e. The van der Waals surface area contributed by atoms with E-state index in [1.165, 1.54) is 23.1 Å². The van der Waals surface area contributed by atoms with Crippen molar-refractivity contribution in [2.75, 3.05) is 23.1 Å². The maximum absolute atomic E-state index is 12.6. The van der Waals surface area contributed by atoms with Gasteiger partial charge < -0.3 is 0 Å². The molecule has 9 heteroatoms. The normalized spacial score (nSPS) is 15.0. The number of benzodiazepines with no additional fused rings is 1. The number of carbonyl (C=O) groups is 1. The van der Waals surface area contributed by atoms with Gasteiger partial charge in [-0.25, -0.2) is 0 Å². The first kappa shape index (κ1) is 19.2. The number of benzene rings is 2. The number of halogens is 1. The van der Waals surface area contributed by atoms with Crippen LogP contribution in [-0.2, 0) is 15.6 Å². The standard InChI is InChI=1S/C18H16ClN3O4S/c1-2-27(26)11-21-16-8-7-12(22(24)25)9-14(16)18(20-10-17(21)23)13-5-3-4-6-15(13)19/h3-9H,2,10-11H2,1H3. The molecule has 0 N–H and O–H groups in total. The van der Waals surface area contributed by atoms with Gasteiger partial charge in [0.05, 0.1) is 16.3 Å². The number of rotatable bonds is 5. The number of nitrogens with zero attached hydrogens (tertiary/aromatic N) is 3. The van der Waals surface area contributed by atoms with Crippen LogP contribution in [0.2, 0.25) is 5.02 Å². The van der Waals surface area contributed by atoms with Gasteiger partial charge in [-0.15, -0.1) is 0 Å². The lowest BCUT2D eigenvalue weighted by Crippen LogP contribution is -2.35. The Hall–Kier alpha value is -2.58. The van der Waals surface area contributed by atoms with Gasteiger partial charge in [0.15, 0.2) is 0 Å². The first-order valence-electron chi connectivity index (χ1n) is 8.16. The molecule has 2 aromatic carbocycles. The van der Waals surface area contributed by atoms with Crippen molar-refractivity contribution >= 4 is 45.4 Å². The fourth-order valence-corrected chi connectivity index (χ4v) is 3.75. The summed E-state index contributed by atoms with van der Waals surface area (Å²) in [6.07, 6.45) is 0. The van der Waals surface area contributed by atoms with Gasteiger partial charge in [0, 0.05) is 44.8 Å². The molecule has 1 aliphatic heterocycles. The van der Waals surface area contributed by atoms with Crippen LogP contribution in [0.3, 0.4) is 0 Å². The minimum absolute atomic E-state index is 0.00542. The maximum Gasteiger partial charge on any atom is 0.270 e. The van der Waals surface area contributed by atoms with Crippen molar-refractivity contribution in [3.8, 4) is 0 Å². The smallest absolute Gasteiger partial charge is 0.270 e. The predicted molar refractivity (Wildman–Crippen MR) is 106 cm³/mol. The van der Waals surface area contributed by atoms with Crippen molar-refractivity contribution in [2.24, 2.45) is 4.99 Å². The third-order valence-electron chi connectivity index (χ3n) is 4.13. The highest BCUT2D eigenvalue weighted by Crippen LogP contribution is 2.32. The monoisotopic (exact) mass is 405 g/mol. The van der Waals surface area contributed by atoms with Gasteiger partial charge in [0.1, 0.15) is 12.4 Å². The average Bonchev–Trinajstić information content (AvgIpc) is 2.79. The molecule has 1 heterocycles. The van der Waals surface area contributed by atoms with E-state index < -0.39 is 15.7 Å². The lowest BCUT2D eigenvalue weighted by Gasteiger charge is -2.22. The maximum atomic E-state index is 12.6. The van der Waals surface area contributed by atoms with E-state index in [2.05, 4.69) is 4.99 Å². The summed E-state index contributed by atoms with van der Waals surface area (Å²) in [6.45, 7) is 1.60. The van der Waals surface area contributed by atoms with Gasteiger partial charge in [-0.05, 0) is 12.1 Å². The van der Waals surface area contributed by atoms with Crippen LogP contribution in [0.5, 0.6) is 0 Å². The van der Waals surface area contributed by atoms with Gasteiger partial charge in [0.25, 0.3) is 5.69 Å². The van der Waals surface area contributed by atoms with E-state index in [0.29, 0.717) is 33.3 Å². The number of hydrogen-bond acceptors (Lipinski definition) is 5. The molecule has 0 saturated carbocycles. The van der Waals surface area contributed by atoms with Crippen molar-refractivity contribution in [3.63, 3.8) is 0 Å². The molecule has 2 aromatic rings. The van der Waals surface area contributed by atoms with Crippen LogP contribution in [0.1, 0.15) is 18.1 Å². The van der Waals surface area contributed by atoms with Crippen LogP contribution in [-0.4, -0.2) is 38.9 Å². The van der Waals surface area contributed by atoms with Crippen LogP contribution >= 0.6 is 11.6 Å². The molecule has 3 rings (SSSR count). The summed E-state index contributed by atoms with van der Waals surface area (Å²) in [7, 11) is -1.24. The zero-order valence-corrected chi connectivity index (χ0v) is 16.0. The fourth-order valence-electron chi connectivity index (χ4n) is 2.77. The molecule has 140 valence electrons. The molecule has 0 radical (unpaired) electrons. The van der Waals surface area contributed by atoms with E-state index in [-0.39, 0.29) is 24.0 Å².